The third-order valence-electron chi connectivity index (χ3n) is 2.16. The van der Waals surface area contributed by atoms with Crippen LogP contribution in [0.5, 0.6) is 5.75 Å². The van der Waals surface area contributed by atoms with Crippen LogP contribution in [0, 0.1) is 0 Å². The average Bonchev–Trinajstić information content (AvgIpc) is 2.26. The predicted octanol–water partition coefficient (Wildman–Crippen LogP) is 1.93. The van der Waals surface area contributed by atoms with Crippen LogP contribution >= 0.6 is 15.9 Å². The Morgan fingerprint density at radius 1 is 1.53 bits per heavy atom. The van der Waals surface area contributed by atoms with E-state index in [2.05, 4.69) is 21.2 Å². The number of hydrogen-bond acceptors (Lipinski definition) is 3. The summed E-state index contributed by atoms with van der Waals surface area (Å²) >= 11 is 3.39. The summed E-state index contributed by atoms with van der Waals surface area (Å²) in [5.41, 5.74) is 1.08. The first-order valence-corrected chi connectivity index (χ1v) is 5.63. The van der Waals surface area contributed by atoms with Gasteiger partial charge >= 0.3 is 0 Å². The highest BCUT2D eigenvalue weighted by Crippen LogP contribution is 2.23. The third kappa shape index (κ3) is 3.81. The van der Waals surface area contributed by atoms with Crippen molar-refractivity contribution in [3.05, 3.63) is 28.2 Å². The molecule has 0 unspecified atom stereocenters. The summed E-state index contributed by atoms with van der Waals surface area (Å²) in [5, 5.41) is 12.1. The number of ether oxygens (including phenoxy) is 1. The fourth-order valence-corrected chi connectivity index (χ4v) is 1.55. The van der Waals surface area contributed by atoms with Crippen molar-refractivity contribution >= 4 is 15.9 Å². The minimum Gasteiger partial charge on any atom is -0.496 e. The summed E-state index contributed by atoms with van der Waals surface area (Å²) in [6.07, 6.45) is 0. The lowest BCUT2D eigenvalue weighted by Gasteiger charge is -2.13. The molecule has 0 saturated carbocycles. The molecular weight excluding hydrogens is 258 g/mol. The molecule has 1 rings (SSSR count). The molecule has 1 aromatic rings. The van der Waals surface area contributed by atoms with Gasteiger partial charge in [0.15, 0.2) is 0 Å². The van der Waals surface area contributed by atoms with Crippen LogP contribution in [0.2, 0.25) is 0 Å². The number of rotatable bonds is 5. The van der Waals surface area contributed by atoms with Crippen molar-refractivity contribution in [1.82, 2.24) is 5.32 Å². The Labute approximate surface area is 98.6 Å². The summed E-state index contributed by atoms with van der Waals surface area (Å²) in [6.45, 7) is 2.77. The highest BCUT2D eigenvalue weighted by atomic mass is 79.9. The number of aliphatic hydroxyl groups excluding tert-OH is 1. The first kappa shape index (κ1) is 12.5. The molecule has 0 fully saturated rings. The summed E-state index contributed by atoms with van der Waals surface area (Å²) in [6, 6.07) is 6.00. The van der Waals surface area contributed by atoms with E-state index in [1.54, 1.807) is 7.11 Å². The van der Waals surface area contributed by atoms with Crippen LogP contribution in [0.15, 0.2) is 22.7 Å². The minimum atomic E-state index is 0.0957. The molecule has 0 heterocycles. The largest absolute Gasteiger partial charge is 0.496 e. The Bertz CT molecular complexity index is 317. The topological polar surface area (TPSA) is 41.5 Å². The fraction of sp³-hybridized carbons (Fsp3) is 0.455. The zero-order valence-corrected chi connectivity index (χ0v) is 10.5. The summed E-state index contributed by atoms with van der Waals surface area (Å²) in [5.74, 6) is 0.849. The zero-order valence-electron chi connectivity index (χ0n) is 8.96. The van der Waals surface area contributed by atoms with Crippen molar-refractivity contribution in [2.45, 2.75) is 19.5 Å². The fourth-order valence-electron chi connectivity index (χ4n) is 1.21. The van der Waals surface area contributed by atoms with E-state index in [-0.39, 0.29) is 12.6 Å². The van der Waals surface area contributed by atoms with Crippen LogP contribution in [0.3, 0.4) is 0 Å². The molecule has 0 aromatic heterocycles. The van der Waals surface area contributed by atoms with Crippen LogP contribution in [0.25, 0.3) is 0 Å². The first-order valence-electron chi connectivity index (χ1n) is 4.84. The molecule has 3 nitrogen and oxygen atoms in total. The van der Waals surface area contributed by atoms with Gasteiger partial charge < -0.3 is 15.2 Å². The molecule has 0 saturated heterocycles. The van der Waals surface area contributed by atoms with Gasteiger partial charge in [0, 0.05) is 22.6 Å². The van der Waals surface area contributed by atoms with Crippen LogP contribution in [-0.4, -0.2) is 24.9 Å². The van der Waals surface area contributed by atoms with Gasteiger partial charge in [0.1, 0.15) is 5.75 Å². The Hall–Kier alpha value is -0.580. The number of hydrogen-bond donors (Lipinski definition) is 2. The maximum Gasteiger partial charge on any atom is 0.124 e. The lowest BCUT2D eigenvalue weighted by Crippen LogP contribution is -2.28. The normalized spacial score (nSPS) is 12.5. The monoisotopic (exact) mass is 273 g/mol. The maximum absolute atomic E-state index is 8.88. The van der Waals surface area contributed by atoms with Crippen LogP contribution in [-0.2, 0) is 6.54 Å². The average molecular weight is 274 g/mol. The van der Waals surface area contributed by atoms with Gasteiger partial charge in [-0.25, -0.2) is 0 Å². The Morgan fingerprint density at radius 3 is 2.87 bits per heavy atom. The molecular formula is C11H16BrNO2. The highest BCUT2D eigenvalue weighted by molar-refractivity contribution is 9.10. The van der Waals surface area contributed by atoms with Gasteiger partial charge in [-0.3, -0.25) is 0 Å². The van der Waals surface area contributed by atoms with Gasteiger partial charge in [0.25, 0.3) is 0 Å². The molecule has 0 spiro atoms. The zero-order chi connectivity index (χ0) is 11.3. The molecule has 0 aliphatic carbocycles. The molecule has 1 atom stereocenters. The molecule has 0 aliphatic heterocycles. The van der Waals surface area contributed by atoms with E-state index in [0.29, 0.717) is 6.54 Å². The number of benzene rings is 1. The van der Waals surface area contributed by atoms with Crippen LogP contribution in [0.4, 0.5) is 0 Å². The van der Waals surface area contributed by atoms with Gasteiger partial charge in [0.05, 0.1) is 13.7 Å². The van der Waals surface area contributed by atoms with Crippen molar-refractivity contribution in [2.75, 3.05) is 13.7 Å². The number of aliphatic hydroxyl groups is 1. The highest BCUT2D eigenvalue weighted by Gasteiger charge is 2.05. The number of halogens is 1. The number of nitrogens with one attached hydrogen (secondary N) is 1. The van der Waals surface area contributed by atoms with Crippen LogP contribution in [0.1, 0.15) is 12.5 Å². The summed E-state index contributed by atoms with van der Waals surface area (Å²) < 4.78 is 6.26. The van der Waals surface area contributed by atoms with E-state index in [1.165, 1.54) is 0 Å². The maximum atomic E-state index is 8.88. The summed E-state index contributed by atoms with van der Waals surface area (Å²) in [4.78, 5) is 0. The minimum absolute atomic E-state index is 0.0957. The van der Waals surface area contributed by atoms with E-state index >= 15 is 0 Å². The van der Waals surface area contributed by atoms with Gasteiger partial charge in [-0.05, 0) is 19.1 Å². The third-order valence-corrected chi connectivity index (χ3v) is 2.66. The van der Waals surface area contributed by atoms with Gasteiger partial charge in [-0.15, -0.1) is 0 Å². The second-order valence-corrected chi connectivity index (χ2v) is 4.34. The standard InChI is InChI=1S/C11H16BrNO2/c1-8(7-14)13-6-9-3-4-10(12)5-11(9)15-2/h3-5,8,13-14H,6-7H2,1-2H3/t8-/m1/s1. The lowest BCUT2D eigenvalue weighted by molar-refractivity contribution is 0.250. The van der Waals surface area contributed by atoms with Crippen molar-refractivity contribution < 1.29 is 9.84 Å². The van der Waals surface area contributed by atoms with E-state index in [0.717, 1.165) is 15.8 Å². The molecule has 0 aliphatic rings. The second kappa shape index (κ2) is 6.10. The molecule has 0 bridgehead atoms. The first-order chi connectivity index (χ1) is 7.17. The second-order valence-electron chi connectivity index (χ2n) is 3.42. The smallest absolute Gasteiger partial charge is 0.124 e. The molecule has 1 aromatic carbocycles. The Kier molecular flexibility index (Phi) is 5.08. The molecule has 2 N–H and O–H groups in total. The van der Waals surface area contributed by atoms with Gasteiger partial charge in [-0.2, -0.15) is 0 Å². The van der Waals surface area contributed by atoms with Crippen molar-refractivity contribution in [1.29, 1.82) is 0 Å². The quantitative estimate of drug-likeness (QED) is 0.862. The molecule has 0 radical (unpaired) electrons. The molecule has 84 valence electrons. The molecule has 0 amide bonds. The lowest BCUT2D eigenvalue weighted by atomic mass is 10.2. The van der Waals surface area contributed by atoms with Gasteiger partial charge in [-0.1, -0.05) is 22.0 Å². The van der Waals surface area contributed by atoms with E-state index in [4.69, 9.17) is 9.84 Å². The number of methoxy groups -OCH3 is 1. The van der Waals surface area contributed by atoms with E-state index in [9.17, 15) is 0 Å². The van der Waals surface area contributed by atoms with Crippen molar-refractivity contribution in [3.8, 4) is 5.75 Å². The van der Waals surface area contributed by atoms with E-state index in [1.807, 2.05) is 25.1 Å². The van der Waals surface area contributed by atoms with E-state index < -0.39 is 0 Å². The van der Waals surface area contributed by atoms with Gasteiger partial charge in [0.2, 0.25) is 0 Å². The predicted molar refractivity (Wildman–Crippen MR) is 64.1 cm³/mol. The van der Waals surface area contributed by atoms with Crippen molar-refractivity contribution in [3.63, 3.8) is 0 Å². The summed E-state index contributed by atoms with van der Waals surface area (Å²) in [7, 11) is 1.65. The Balaban J connectivity index is 2.67. The molecule has 4 heteroatoms. The molecule has 15 heavy (non-hydrogen) atoms. The van der Waals surface area contributed by atoms with Crippen molar-refractivity contribution in [2.24, 2.45) is 0 Å². The Morgan fingerprint density at radius 2 is 2.27 bits per heavy atom. The van der Waals surface area contributed by atoms with Crippen LogP contribution < -0.4 is 10.1 Å². The SMILES string of the molecule is COc1cc(Br)ccc1CN[C@H](C)CO.